The molecule has 0 radical (unpaired) electrons. The molecule has 0 amide bonds. The third-order valence-electron chi connectivity index (χ3n) is 2.07. The Bertz CT molecular complexity index is 75.3. The second-order valence-electron chi connectivity index (χ2n) is 2.94. The van der Waals surface area contributed by atoms with E-state index in [0.29, 0.717) is 0 Å². The van der Waals surface area contributed by atoms with Crippen LogP contribution >= 0.6 is 0 Å². The maximum absolute atomic E-state index is 3.48. The lowest BCUT2D eigenvalue weighted by Crippen LogP contribution is -2.29. The highest BCUT2D eigenvalue weighted by Crippen LogP contribution is 2.03. The summed E-state index contributed by atoms with van der Waals surface area (Å²) >= 11 is 0. The zero-order valence-corrected chi connectivity index (χ0v) is 6.82. The van der Waals surface area contributed by atoms with Crippen LogP contribution < -0.4 is 10.6 Å². The Morgan fingerprint density at radius 1 is 1.40 bits per heavy atom. The van der Waals surface area contributed by atoms with Crippen LogP contribution in [0.3, 0.4) is 0 Å². The highest BCUT2D eigenvalue weighted by molar-refractivity contribution is 4.71. The van der Waals surface area contributed by atoms with Crippen molar-refractivity contribution in [2.45, 2.75) is 32.2 Å². The second-order valence-corrected chi connectivity index (χ2v) is 2.94. The van der Waals surface area contributed by atoms with Crippen molar-refractivity contribution in [1.29, 1.82) is 0 Å². The quantitative estimate of drug-likeness (QED) is 0.594. The van der Waals surface area contributed by atoms with Crippen LogP contribution in [0.15, 0.2) is 0 Å². The Hall–Kier alpha value is -0.0800. The number of hydrogen-bond acceptors (Lipinski definition) is 2. The van der Waals surface area contributed by atoms with Gasteiger partial charge in [0.2, 0.25) is 0 Å². The lowest BCUT2D eigenvalue weighted by molar-refractivity contribution is 0.482. The Labute approximate surface area is 63.4 Å². The molecule has 1 fully saturated rings. The molecule has 0 bridgehead atoms. The number of rotatable bonds is 2. The fourth-order valence-corrected chi connectivity index (χ4v) is 1.51. The van der Waals surface area contributed by atoms with Crippen molar-refractivity contribution in [3.63, 3.8) is 0 Å². The average Bonchev–Trinajstić information content (AvgIpc) is 2.17. The third kappa shape index (κ3) is 2.67. The summed E-state index contributed by atoms with van der Waals surface area (Å²) in [6.45, 7) is 5.70. The van der Waals surface area contributed by atoms with Crippen LogP contribution in [-0.4, -0.2) is 25.7 Å². The Balaban J connectivity index is 2.15. The highest BCUT2D eigenvalue weighted by Gasteiger charge is 2.08. The highest BCUT2D eigenvalue weighted by atomic mass is 14.9. The second kappa shape index (κ2) is 4.69. The van der Waals surface area contributed by atoms with Gasteiger partial charge in [-0.25, -0.2) is 0 Å². The predicted octanol–water partition coefficient (Wildman–Crippen LogP) is 0.738. The van der Waals surface area contributed by atoms with Gasteiger partial charge in [0.05, 0.1) is 0 Å². The standard InChI is InChI=1S/C8H18N2/c1-2-10-8-4-3-6-9-7-5-8/h8-10H,2-7H2,1H3/t8-/m0/s1. The molecule has 0 unspecified atom stereocenters. The monoisotopic (exact) mass is 142 g/mol. The minimum Gasteiger partial charge on any atom is -0.317 e. The van der Waals surface area contributed by atoms with Crippen LogP contribution in [0.2, 0.25) is 0 Å². The van der Waals surface area contributed by atoms with Crippen molar-refractivity contribution in [3.05, 3.63) is 0 Å². The van der Waals surface area contributed by atoms with Gasteiger partial charge in [-0.15, -0.1) is 0 Å². The van der Waals surface area contributed by atoms with E-state index in [1.54, 1.807) is 0 Å². The smallest absolute Gasteiger partial charge is 0.00795 e. The molecular weight excluding hydrogens is 124 g/mol. The SMILES string of the molecule is CCN[C@H]1CCCNCC1. The van der Waals surface area contributed by atoms with Crippen LogP contribution in [0, 0.1) is 0 Å². The fraction of sp³-hybridized carbons (Fsp3) is 1.00. The van der Waals surface area contributed by atoms with Gasteiger partial charge in [-0.3, -0.25) is 0 Å². The fourth-order valence-electron chi connectivity index (χ4n) is 1.51. The minimum atomic E-state index is 0.778. The van der Waals surface area contributed by atoms with E-state index in [0.717, 1.165) is 12.6 Å². The first kappa shape index (κ1) is 8.02. The van der Waals surface area contributed by atoms with Gasteiger partial charge < -0.3 is 10.6 Å². The van der Waals surface area contributed by atoms with E-state index in [1.807, 2.05) is 0 Å². The van der Waals surface area contributed by atoms with E-state index in [4.69, 9.17) is 0 Å². The van der Waals surface area contributed by atoms with E-state index in [1.165, 1.54) is 32.4 Å². The van der Waals surface area contributed by atoms with E-state index < -0.39 is 0 Å². The van der Waals surface area contributed by atoms with Gasteiger partial charge >= 0.3 is 0 Å². The molecule has 60 valence electrons. The van der Waals surface area contributed by atoms with Crippen LogP contribution in [0.25, 0.3) is 0 Å². The summed E-state index contributed by atoms with van der Waals surface area (Å²) in [5, 5.41) is 6.88. The summed E-state index contributed by atoms with van der Waals surface area (Å²) in [7, 11) is 0. The average molecular weight is 142 g/mol. The first-order valence-electron chi connectivity index (χ1n) is 4.37. The molecule has 10 heavy (non-hydrogen) atoms. The van der Waals surface area contributed by atoms with E-state index in [2.05, 4.69) is 17.6 Å². The Morgan fingerprint density at radius 3 is 3.10 bits per heavy atom. The summed E-state index contributed by atoms with van der Waals surface area (Å²) in [6, 6.07) is 0.778. The molecule has 0 aromatic heterocycles. The molecule has 2 N–H and O–H groups in total. The van der Waals surface area contributed by atoms with Crippen molar-refractivity contribution >= 4 is 0 Å². The predicted molar refractivity (Wildman–Crippen MR) is 44.2 cm³/mol. The molecule has 1 aliphatic rings. The molecule has 0 saturated carbocycles. The molecule has 1 heterocycles. The van der Waals surface area contributed by atoms with Gasteiger partial charge in [0.1, 0.15) is 0 Å². The molecule has 0 aromatic carbocycles. The number of nitrogens with one attached hydrogen (secondary N) is 2. The zero-order chi connectivity index (χ0) is 7.23. The zero-order valence-electron chi connectivity index (χ0n) is 6.82. The lowest BCUT2D eigenvalue weighted by atomic mass is 10.1. The van der Waals surface area contributed by atoms with E-state index >= 15 is 0 Å². The molecule has 0 aliphatic carbocycles. The Kier molecular flexibility index (Phi) is 3.76. The molecule has 1 rings (SSSR count). The molecule has 2 nitrogen and oxygen atoms in total. The van der Waals surface area contributed by atoms with Gasteiger partial charge in [-0.1, -0.05) is 6.92 Å². The Morgan fingerprint density at radius 2 is 2.30 bits per heavy atom. The molecule has 1 atom stereocenters. The van der Waals surface area contributed by atoms with E-state index in [-0.39, 0.29) is 0 Å². The van der Waals surface area contributed by atoms with Gasteiger partial charge in [-0.2, -0.15) is 0 Å². The summed E-state index contributed by atoms with van der Waals surface area (Å²) in [5.41, 5.74) is 0. The molecule has 1 saturated heterocycles. The van der Waals surface area contributed by atoms with Gasteiger partial charge in [0, 0.05) is 6.04 Å². The molecular formula is C8H18N2. The van der Waals surface area contributed by atoms with Crippen LogP contribution in [-0.2, 0) is 0 Å². The largest absolute Gasteiger partial charge is 0.317 e. The summed E-state index contributed by atoms with van der Waals surface area (Å²) in [5.74, 6) is 0. The first-order chi connectivity index (χ1) is 4.93. The summed E-state index contributed by atoms with van der Waals surface area (Å²) in [6.07, 6.45) is 3.98. The lowest BCUT2D eigenvalue weighted by Gasteiger charge is -2.13. The number of hydrogen-bond donors (Lipinski definition) is 2. The van der Waals surface area contributed by atoms with Crippen LogP contribution in [0.4, 0.5) is 0 Å². The summed E-state index contributed by atoms with van der Waals surface area (Å²) in [4.78, 5) is 0. The minimum absolute atomic E-state index is 0.778. The maximum atomic E-state index is 3.48. The normalized spacial score (nSPS) is 27.9. The van der Waals surface area contributed by atoms with Gasteiger partial charge in [0.25, 0.3) is 0 Å². The van der Waals surface area contributed by atoms with Crippen molar-refractivity contribution in [3.8, 4) is 0 Å². The maximum Gasteiger partial charge on any atom is 0.00795 e. The van der Waals surface area contributed by atoms with Crippen molar-refractivity contribution in [2.75, 3.05) is 19.6 Å². The molecule has 2 heteroatoms. The van der Waals surface area contributed by atoms with Crippen LogP contribution in [0.5, 0.6) is 0 Å². The van der Waals surface area contributed by atoms with Crippen molar-refractivity contribution in [1.82, 2.24) is 10.6 Å². The van der Waals surface area contributed by atoms with E-state index in [9.17, 15) is 0 Å². The third-order valence-corrected chi connectivity index (χ3v) is 2.07. The molecule has 0 aromatic rings. The van der Waals surface area contributed by atoms with Crippen molar-refractivity contribution in [2.24, 2.45) is 0 Å². The first-order valence-corrected chi connectivity index (χ1v) is 4.37. The molecule has 0 spiro atoms. The topological polar surface area (TPSA) is 24.1 Å². The molecule has 1 aliphatic heterocycles. The van der Waals surface area contributed by atoms with Crippen molar-refractivity contribution < 1.29 is 0 Å². The summed E-state index contributed by atoms with van der Waals surface area (Å²) < 4.78 is 0. The van der Waals surface area contributed by atoms with Crippen LogP contribution in [0.1, 0.15) is 26.2 Å². The van der Waals surface area contributed by atoms with Gasteiger partial charge in [-0.05, 0) is 38.9 Å². The van der Waals surface area contributed by atoms with Gasteiger partial charge in [0.15, 0.2) is 0 Å².